The summed E-state index contributed by atoms with van der Waals surface area (Å²) >= 11 is 7.19. The van der Waals surface area contributed by atoms with Crippen LogP contribution in [-0.4, -0.2) is 29.4 Å². The molecule has 2 aromatic heterocycles. The third kappa shape index (κ3) is 5.16. The molecule has 0 spiro atoms. The van der Waals surface area contributed by atoms with Gasteiger partial charge in [0, 0.05) is 16.1 Å². The molecule has 0 radical (unpaired) electrons. The highest BCUT2D eigenvalue weighted by Gasteiger charge is 2.14. The normalized spacial score (nSPS) is 10.9. The number of aromatic nitrogens is 2. The summed E-state index contributed by atoms with van der Waals surface area (Å²) in [5, 5.41) is 13.6. The van der Waals surface area contributed by atoms with Crippen LogP contribution in [0.15, 0.2) is 71.3 Å². The van der Waals surface area contributed by atoms with E-state index in [1.165, 1.54) is 17.6 Å². The van der Waals surface area contributed by atoms with Crippen LogP contribution in [0.1, 0.15) is 20.8 Å². The molecule has 0 saturated heterocycles. The van der Waals surface area contributed by atoms with Crippen molar-refractivity contribution in [3.8, 4) is 22.8 Å². The maximum atomic E-state index is 12.6. The summed E-state index contributed by atoms with van der Waals surface area (Å²) in [4.78, 5) is 13.0. The molecule has 2 N–H and O–H groups in total. The van der Waals surface area contributed by atoms with Crippen LogP contribution in [0, 0.1) is 0 Å². The van der Waals surface area contributed by atoms with Gasteiger partial charge in [-0.1, -0.05) is 35.9 Å². The third-order valence-corrected chi connectivity index (χ3v) is 5.69. The van der Waals surface area contributed by atoms with Crippen LogP contribution in [0.4, 0.5) is 0 Å². The number of benzene rings is 2. The molecule has 162 valence electrons. The molecule has 4 aromatic rings. The topological polar surface area (TPSA) is 88.6 Å². The molecule has 7 nitrogen and oxygen atoms in total. The molecule has 0 atom stereocenters. The molecule has 4 rings (SSSR count). The second-order valence-corrected chi connectivity index (χ2v) is 8.01. The Morgan fingerprint density at radius 2 is 2.09 bits per heavy atom. The number of halogens is 1. The average Bonchev–Trinajstić information content (AvgIpc) is 3.48. The summed E-state index contributed by atoms with van der Waals surface area (Å²) in [6.45, 7) is 0.330. The van der Waals surface area contributed by atoms with E-state index in [1.807, 2.05) is 36.4 Å². The molecule has 0 bridgehead atoms. The van der Waals surface area contributed by atoms with Gasteiger partial charge in [-0.25, -0.2) is 5.43 Å². The number of methoxy groups -OCH3 is 1. The van der Waals surface area contributed by atoms with Crippen LogP contribution in [0.2, 0.25) is 5.02 Å². The summed E-state index contributed by atoms with van der Waals surface area (Å²) in [6, 6.07) is 16.7. The number of rotatable bonds is 8. The number of hydrogen-bond donors (Lipinski definition) is 2. The van der Waals surface area contributed by atoms with Crippen molar-refractivity contribution in [1.29, 1.82) is 0 Å². The fourth-order valence-corrected chi connectivity index (χ4v) is 3.78. The Morgan fingerprint density at radius 3 is 2.91 bits per heavy atom. The van der Waals surface area contributed by atoms with Crippen molar-refractivity contribution in [2.24, 2.45) is 5.10 Å². The molecule has 32 heavy (non-hydrogen) atoms. The van der Waals surface area contributed by atoms with Crippen molar-refractivity contribution >= 4 is 35.1 Å². The van der Waals surface area contributed by atoms with Crippen LogP contribution in [0.25, 0.3) is 11.3 Å². The summed E-state index contributed by atoms with van der Waals surface area (Å²) in [7, 11) is 1.61. The third-order valence-electron chi connectivity index (χ3n) is 4.54. The predicted molar refractivity (Wildman–Crippen MR) is 126 cm³/mol. The van der Waals surface area contributed by atoms with Crippen LogP contribution in [-0.2, 0) is 6.61 Å². The van der Waals surface area contributed by atoms with Gasteiger partial charge in [0.15, 0.2) is 0 Å². The van der Waals surface area contributed by atoms with E-state index >= 15 is 0 Å². The van der Waals surface area contributed by atoms with Gasteiger partial charge in [0.05, 0.1) is 25.2 Å². The number of carbonyl (C=O) groups is 1. The van der Waals surface area contributed by atoms with Gasteiger partial charge in [-0.2, -0.15) is 10.2 Å². The number of H-pyrrole nitrogens is 1. The minimum atomic E-state index is -0.353. The number of carbonyl (C=O) groups excluding carboxylic acids is 1. The molecule has 0 aliphatic heterocycles. The van der Waals surface area contributed by atoms with Gasteiger partial charge in [0.2, 0.25) is 0 Å². The van der Waals surface area contributed by atoms with Gasteiger partial charge >= 0.3 is 0 Å². The average molecular weight is 467 g/mol. The minimum Gasteiger partial charge on any atom is -0.497 e. The first-order valence-electron chi connectivity index (χ1n) is 9.60. The van der Waals surface area contributed by atoms with Crippen molar-refractivity contribution in [3.05, 3.63) is 87.2 Å². The number of hydrogen-bond acceptors (Lipinski definition) is 6. The molecule has 0 unspecified atom stereocenters. The lowest BCUT2D eigenvalue weighted by atomic mass is 10.1. The highest BCUT2D eigenvalue weighted by Crippen LogP contribution is 2.26. The Morgan fingerprint density at radius 1 is 1.25 bits per heavy atom. The zero-order chi connectivity index (χ0) is 22.3. The van der Waals surface area contributed by atoms with Gasteiger partial charge in [-0.05, 0) is 41.3 Å². The second-order valence-electron chi connectivity index (χ2n) is 6.66. The first-order valence-corrected chi connectivity index (χ1v) is 10.9. The minimum absolute atomic E-state index is 0.330. The van der Waals surface area contributed by atoms with E-state index in [-0.39, 0.29) is 5.91 Å². The number of aromatic amines is 1. The maximum absolute atomic E-state index is 12.6. The van der Waals surface area contributed by atoms with Crippen molar-refractivity contribution < 1.29 is 14.3 Å². The first kappa shape index (κ1) is 21.6. The van der Waals surface area contributed by atoms with E-state index in [4.69, 9.17) is 21.1 Å². The molecule has 0 fully saturated rings. The number of nitrogens with zero attached hydrogens (tertiary/aromatic N) is 2. The van der Waals surface area contributed by atoms with E-state index in [0.717, 1.165) is 28.1 Å². The second kappa shape index (κ2) is 10.1. The largest absolute Gasteiger partial charge is 0.497 e. The van der Waals surface area contributed by atoms with E-state index in [2.05, 4.69) is 20.7 Å². The molecular formula is C23H19ClN4O3S. The quantitative estimate of drug-likeness (QED) is 0.278. The Balaban J connectivity index is 1.40. The SMILES string of the molecule is COc1cccc(-c2[nH]ncc2/C=N/NC(=O)c2sccc2OCc2ccc(Cl)cc2)c1. The maximum Gasteiger partial charge on any atom is 0.285 e. The Bertz CT molecular complexity index is 1230. The van der Waals surface area contributed by atoms with Crippen molar-refractivity contribution in [3.63, 3.8) is 0 Å². The Kier molecular flexibility index (Phi) is 6.84. The summed E-state index contributed by atoms with van der Waals surface area (Å²) in [5.74, 6) is 0.879. The van der Waals surface area contributed by atoms with Crippen molar-refractivity contribution in [2.45, 2.75) is 6.61 Å². The molecule has 0 aliphatic rings. The number of ether oxygens (including phenoxy) is 2. The van der Waals surface area contributed by atoms with Gasteiger partial charge in [0.1, 0.15) is 23.0 Å². The monoisotopic (exact) mass is 466 g/mol. The first-order chi connectivity index (χ1) is 15.6. The number of hydrazone groups is 1. The summed E-state index contributed by atoms with van der Waals surface area (Å²) < 4.78 is 11.1. The predicted octanol–water partition coefficient (Wildman–Crippen LogP) is 5.14. The van der Waals surface area contributed by atoms with E-state index in [0.29, 0.717) is 22.3 Å². The molecular weight excluding hydrogens is 448 g/mol. The van der Waals surface area contributed by atoms with E-state index in [1.54, 1.807) is 36.9 Å². The van der Waals surface area contributed by atoms with Gasteiger partial charge < -0.3 is 9.47 Å². The van der Waals surface area contributed by atoms with Crippen LogP contribution < -0.4 is 14.9 Å². The molecule has 1 amide bonds. The number of nitrogens with one attached hydrogen (secondary N) is 2. The smallest absolute Gasteiger partial charge is 0.285 e. The molecule has 2 aromatic carbocycles. The lowest BCUT2D eigenvalue weighted by Crippen LogP contribution is -2.17. The summed E-state index contributed by atoms with van der Waals surface area (Å²) in [5.41, 5.74) is 5.89. The van der Waals surface area contributed by atoms with Crippen molar-refractivity contribution in [2.75, 3.05) is 7.11 Å². The number of amides is 1. The molecule has 2 heterocycles. The molecule has 0 saturated carbocycles. The van der Waals surface area contributed by atoms with E-state index in [9.17, 15) is 4.79 Å². The zero-order valence-corrected chi connectivity index (χ0v) is 18.6. The Labute approximate surface area is 193 Å². The highest BCUT2D eigenvalue weighted by atomic mass is 35.5. The van der Waals surface area contributed by atoms with Crippen LogP contribution in [0.3, 0.4) is 0 Å². The van der Waals surface area contributed by atoms with Gasteiger partial charge in [0.25, 0.3) is 5.91 Å². The lowest BCUT2D eigenvalue weighted by molar-refractivity contribution is 0.0955. The van der Waals surface area contributed by atoms with Crippen molar-refractivity contribution in [1.82, 2.24) is 15.6 Å². The fraction of sp³-hybridized carbons (Fsp3) is 0.0870. The zero-order valence-electron chi connectivity index (χ0n) is 17.0. The fourth-order valence-electron chi connectivity index (χ4n) is 2.93. The standard InChI is InChI=1S/C23H19ClN4O3S/c1-30-19-4-2-3-16(11-19)21-17(12-25-27-21)13-26-28-23(29)22-20(9-10-32-22)31-14-15-5-7-18(24)8-6-15/h2-13H,14H2,1H3,(H,25,27)(H,28,29)/b26-13+. The molecule has 9 heteroatoms. The number of thiophene rings is 1. The van der Waals surface area contributed by atoms with Crippen LogP contribution >= 0.6 is 22.9 Å². The lowest BCUT2D eigenvalue weighted by Gasteiger charge is -2.07. The highest BCUT2D eigenvalue weighted by molar-refractivity contribution is 7.12. The van der Waals surface area contributed by atoms with Crippen LogP contribution in [0.5, 0.6) is 11.5 Å². The molecule has 0 aliphatic carbocycles. The van der Waals surface area contributed by atoms with Gasteiger partial charge in [-0.15, -0.1) is 11.3 Å². The summed E-state index contributed by atoms with van der Waals surface area (Å²) in [6.07, 6.45) is 3.17. The van der Waals surface area contributed by atoms with E-state index < -0.39 is 0 Å². The van der Waals surface area contributed by atoms with Gasteiger partial charge in [-0.3, -0.25) is 9.89 Å². The Hall–Kier alpha value is -3.62.